The van der Waals surface area contributed by atoms with Crippen LogP contribution >= 0.6 is 0 Å². The van der Waals surface area contributed by atoms with E-state index in [0.29, 0.717) is 0 Å². The van der Waals surface area contributed by atoms with Crippen LogP contribution in [0.25, 0.3) is 0 Å². The molecule has 0 bridgehead atoms. The zero-order valence-electron chi connectivity index (χ0n) is 8.77. The molecular formula is C11H10F5N. The summed E-state index contributed by atoms with van der Waals surface area (Å²) in [4.78, 5) is 1.09. The van der Waals surface area contributed by atoms with E-state index in [9.17, 15) is 22.0 Å². The normalized spacial score (nSPS) is 19.7. The average Bonchev–Trinajstić information content (AvgIpc) is 2.58. The second-order valence-corrected chi connectivity index (χ2v) is 4.04. The topological polar surface area (TPSA) is 3.24 Å². The van der Waals surface area contributed by atoms with Crippen LogP contribution in [0.2, 0.25) is 0 Å². The van der Waals surface area contributed by atoms with E-state index in [2.05, 4.69) is 0 Å². The van der Waals surface area contributed by atoms with Gasteiger partial charge in [0.05, 0.1) is 12.1 Å². The van der Waals surface area contributed by atoms with Crippen LogP contribution < -0.4 is 4.90 Å². The van der Waals surface area contributed by atoms with Crippen molar-refractivity contribution in [3.8, 4) is 0 Å². The first-order chi connectivity index (χ1) is 7.80. The van der Waals surface area contributed by atoms with Crippen molar-refractivity contribution >= 4 is 5.69 Å². The molecule has 1 fully saturated rings. The Morgan fingerprint density at radius 3 is 2.29 bits per heavy atom. The molecule has 0 unspecified atom stereocenters. The molecular weight excluding hydrogens is 241 g/mol. The van der Waals surface area contributed by atoms with Gasteiger partial charge in [0.1, 0.15) is 0 Å². The fraction of sp³-hybridized carbons (Fsp3) is 0.455. The third kappa shape index (κ3) is 2.50. The van der Waals surface area contributed by atoms with E-state index >= 15 is 0 Å². The predicted octanol–water partition coefficient (Wildman–Crippen LogP) is 3.55. The van der Waals surface area contributed by atoms with Gasteiger partial charge < -0.3 is 4.90 Å². The zero-order chi connectivity index (χ0) is 12.7. The average molecular weight is 251 g/mol. The van der Waals surface area contributed by atoms with E-state index < -0.39 is 30.6 Å². The summed E-state index contributed by atoms with van der Waals surface area (Å²) in [6.45, 7) is -0.708. The van der Waals surface area contributed by atoms with Crippen LogP contribution in [0.5, 0.6) is 0 Å². The summed E-state index contributed by atoms with van der Waals surface area (Å²) in [6, 6.07) is 4.80. The Bertz CT molecular complexity index is 413. The van der Waals surface area contributed by atoms with Gasteiger partial charge in [0.2, 0.25) is 0 Å². The lowest BCUT2D eigenvalue weighted by Gasteiger charge is -2.22. The Labute approximate surface area is 94.8 Å². The Kier molecular flexibility index (Phi) is 2.75. The third-order valence-electron chi connectivity index (χ3n) is 2.72. The van der Waals surface area contributed by atoms with Crippen molar-refractivity contribution in [2.24, 2.45) is 0 Å². The lowest BCUT2D eigenvalue weighted by Crippen LogP contribution is -2.26. The van der Waals surface area contributed by atoms with E-state index in [-0.39, 0.29) is 12.2 Å². The first kappa shape index (κ1) is 12.1. The smallest absolute Gasteiger partial charge is 0.365 e. The summed E-state index contributed by atoms with van der Waals surface area (Å²) < 4.78 is 64.0. The molecule has 6 heteroatoms. The van der Waals surface area contributed by atoms with Crippen molar-refractivity contribution < 1.29 is 22.0 Å². The highest BCUT2D eigenvalue weighted by molar-refractivity contribution is 5.56. The molecule has 1 nitrogen and oxygen atoms in total. The van der Waals surface area contributed by atoms with Crippen LogP contribution in [0.15, 0.2) is 24.3 Å². The van der Waals surface area contributed by atoms with Gasteiger partial charge in [-0.3, -0.25) is 0 Å². The van der Waals surface area contributed by atoms with E-state index in [1.165, 1.54) is 18.2 Å². The fourth-order valence-corrected chi connectivity index (χ4v) is 1.93. The van der Waals surface area contributed by atoms with E-state index in [1.807, 2.05) is 0 Å². The van der Waals surface area contributed by atoms with Crippen LogP contribution in [-0.4, -0.2) is 19.0 Å². The molecule has 1 saturated heterocycles. The number of alkyl halides is 5. The van der Waals surface area contributed by atoms with Gasteiger partial charge in [-0.15, -0.1) is 0 Å². The highest BCUT2D eigenvalue weighted by Crippen LogP contribution is 2.39. The number of nitrogens with zero attached hydrogens (tertiary/aromatic N) is 1. The largest absolute Gasteiger partial charge is 0.418 e. The molecule has 0 saturated carbocycles. The summed E-state index contributed by atoms with van der Waals surface area (Å²) in [6.07, 6.45) is -4.92. The highest BCUT2D eigenvalue weighted by Gasteiger charge is 2.41. The van der Waals surface area contributed by atoms with Crippen molar-refractivity contribution in [3.05, 3.63) is 29.8 Å². The van der Waals surface area contributed by atoms with Gasteiger partial charge in [0, 0.05) is 18.7 Å². The maximum absolute atomic E-state index is 13.0. The molecule has 0 aromatic heterocycles. The van der Waals surface area contributed by atoms with Crippen molar-refractivity contribution in [1.29, 1.82) is 0 Å². The van der Waals surface area contributed by atoms with Crippen LogP contribution in [0.4, 0.5) is 27.6 Å². The van der Waals surface area contributed by atoms with E-state index in [0.717, 1.165) is 11.0 Å². The molecule has 1 aromatic rings. The van der Waals surface area contributed by atoms with Crippen molar-refractivity contribution in [2.45, 2.75) is 18.5 Å². The number of rotatable bonds is 1. The minimum Gasteiger partial charge on any atom is -0.365 e. The maximum atomic E-state index is 13.0. The molecule has 1 aliphatic heterocycles. The van der Waals surface area contributed by atoms with Crippen molar-refractivity contribution in [2.75, 3.05) is 18.0 Å². The van der Waals surface area contributed by atoms with Gasteiger partial charge in [-0.2, -0.15) is 13.2 Å². The fourth-order valence-electron chi connectivity index (χ4n) is 1.93. The van der Waals surface area contributed by atoms with Crippen molar-refractivity contribution in [3.63, 3.8) is 0 Å². The van der Waals surface area contributed by atoms with Crippen LogP contribution in [0.3, 0.4) is 0 Å². The zero-order valence-corrected chi connectivity index (χ0v) is 8.77. The van der Waals surface area contributed by atoms with Gasteiger partial charge in [-0.25, -0.2) is 8.78 Å². The summed E-state index contributed by atoms with van der Waals surface area (Å²) in [5, 5.41) is 0. The molecule has 0 atom stereocenters. The molecule has 94 valence electrons. The van der Waals surface area contributed by atoms with Gasteiger partial charge >= 0.3 is 6.18 Å². The quantitative estimate of drug-likeness (QED) is 0.690. The molecule has 1 aromatic carbocycles. The SMILES string of the molecule is FC1(F)CCN(c2ccccc2C(F)(F)F)C1. The van der Waals surface area contributed by atoms with Crippen LogP contribution in [-0.2, 0) is 6.18 Å². The first-order valence-electron chi connectivity index (χ1n) is 5.09. The maximum Gasteiger partial charge on any atom is 0.418 e. The molecule has 1 aliphatic rings. The van der Waals surface area contributed by atoms with E-state index in [1.54, 1.807) is 0 Å². The Hall–Kier alpha value is -1.33. The highest BCUT2D eigenvalue weighted by atomic mass is 19.4. The molecule has 17 heavy (non-hydrogen) atoms. The lowest BCUT2D eigenvalue weighted by molar-refractivity contribution is -0.137. The second-order valence-electron chi connectivity index (χ2n) is 4.04. The first-order valence-corrected chi connectivity index (χ1v) is 5.09. The lowest BCUT2D eigenvalue weighted by atomic mass is 10.1. The number of hydrogen-bond donors (Lipinski definition) is 0. The molecule has 0 aliphatic carbocycles. The van der Waals surface area contributed by atoms with E-state index in [4.69, 9.17) is 0 Å². The van der Waals surface area contributed by atoms with Crippen LogP contribution in [0, 0.1) is 0 Å². The second kappa shape index (κ2) is 3.85. The summed E-state index contributed by atoms with van der Waals surface area (Å²) in [5.74, 6) is -2.90. The van der Waals surface area contributed by atoms with Crippen LogP contribution in [0.1, 0.15) is 12.0 Å². The Morgan fingerprint density at radius 2 is 1.76 bits per heavy atom. The minimum absolute atomic E-state index is 0.0555. The number of para-hydroxylation sites is 1. The number of hydrogen-bond acceptors (Lipinski definition) is 1. The summed E-state index contributed by atoms with van der Waals surface area (Å²) in [7, 11) is 0. The molecule has 0 N–H and O–H groups in total. The van der Waals surface area contributed by atoms with Gasteiger partial charge in [-0.1, -0.05) is 12.1 Å². The van der Waals surface area contributed by atoms with Gasteiger partial charge in [0.25, 0.3) is 5.92 Å². The number of benzene rings is 1. The number of halogens is 5. The third-order valence-corrected chi connectivity index (χ3v) is 2.72. The minimum atomic E-state index is -4.52. The Balaban J connectivity index is 2.34. The molecule has 2 rings (SSSR count). The Morgan fingerprint density at radius 1 is 1.12 bits per heavy atom. The van der Waals surface area contributed by atoms with Crippen molar-refractivity contribution in [1.82, 2.24) is 0 Å². The predicted molar refractivity (Wildman–Crippen MR) is 53.2 cm³/mol. The standard InChI is InChI=1S/C11H10F5N/c12-10(13)5-6-17(7-10)9-4-2-1-3-8(9)11(14,15)16/h1-4H,5-7H2. The van der Waals surface area contributed by atoms with Gasteiger partial charge in [0.15, 0.2) is 0 Å². The monoisotopic (exact) mass is 251 g/mol. The number of anilines is 1. The molecule has 0 amide bonds. The van der Waals surface area contributed by atoms with Gasteiger partial charge in [-0.05, 0) is 12.1 Å². The molecule has 1 heterocycles. The summed E-state index contributed by atoms with van der Waals surface area (Å²) in [5.41, 5.74) is -1.03. The molecule has 0 spiro atoms. The summed E-state index contributed by atoms with van der Waals surface area (Å²) >= 11 is 0. The molecule has 0 radical (unpaired) electrons.